The Bertz CT molecular complexity index is 472. The fraction of sp³-hybridized carbons (Fsp3) is 0.267. The van der Waals surface area contributed by atoms with Crippen LogP contribution < -0.4 is 5.32 Å². The molecule has 1 aromatic carbocycles. The Balaban J connectivity index is 1.70. The van der Waals surface area contributed by atoms with E-state index in [9.17, 15) is 0 Å². The van der Waals surface area contributed by atoms with Crippen molar-refractivity contribution in [3.8, 4) is 11.3 Å². The van der Waals surface area contributed by atoms with E-state index in [-0.39, 0.29) is 0 Å². The van der Waals surface area contributed by atoms with Gasteiger partial charge in [0.2, 0.25) is 0 Å². The number of pyridine rings is 1. The predicted octanol–water partition coefficient (Wildman–Crippen LogP) is 3.00. The quantitative estimate of drug-likeness (QED) is 0.863. The molecule has 1 heterocycles. The average Bonchev–Trinajstić information content (AvgIpc) is 3.22. The number of benzene rings is 1. The predicted molar refractivity (Wildman–Crippen MR) is 69.5 cm³/mol. The summed E-state index contributed by atoms with van der Waals surface area (Å²) in [7, 11) is 0. The van der Waals surface area contributed by atoms with E-state index >= 15 is 0 Å². The molecule has 0 radical (unpaired) electrons. The van der Waals surface area contributed by atoms with Crippen LogP contribution in [0.1, 0.15) is 18.4 Å². The van der Waals surface area contributed by atoms with Gasteiger partial charge in [0.15, 0.2) is 0 Å². The van der Waals surface area contributed by atoms with Crippen LogP contribution in [-0.4, -0.2) is 11.0 Å². The van der Waals surface area contributed by atoms with E-state index in [1.165, 1.54) is 24.0 Å². The van der Waals surface area contributed by atoms with Gasteiger partial charge in [0.1, 0.15) is 0 Å². The highest BCUT2D eigenvalue weighted by Crippen LogP contribution is 2.20. The summed E-state index contributed by atoms with van der Waals surface area (Å²) in [5.74, 6) is 0. The van der Waals surface area contributed by atoms with Gasteiger partial charge in [-0.3, -0.25) is 4.98 Å². The summed E-state index contributed by atoms with van der Waals surface area (Å²) >= 11 is 0. The summed E-state index contributed by atoms with van der Waals surface area (Å²) in [4.78, 5) is 4.35. The third-order valence-corrected chi connectivity index (χ3v) is 3.09. The van der Waals surface area contributed by atoms with Crippen LogP contribution in [0.5, 0.6) is 0 Å². The lowest BCUT2D eigenvalue weighted by Crippen LogP contribution is -2.14. The summed E-state index contributed by atoms with van der Waals surface area (Å²) in [6.07, 6.45) is 4.51. The van der Waals surface area contributed by atoms with E-state index in [1.807, 2.05) is 24.4 Å². The van der Waals surface area contributed by atoms with Gasteiger partial charge >= 0.3 is 0 Å². The third-order valence-electron chi connectivity index (χ3n) is 3.09. The van der Waals surface area contributed by atoms with Crippen LogP contribution in [0.2, 0.25) is 0 Å². The first-order valence-corrected chi connectivity index (χ1v) is 6.15. The summed E-state index contributed by atoms with van der Waals surface area (Å²) in [6.45, 7) is 0.979. The van der Waals surface area contributed by atoms with Crippen LogP contribution in [0.3, 0.4) is 0 Å². The third kappa shape index (κ3) is 2.71. The van der Waals surface area contributed by atoms with Crippen molar-refractivity contribution < 1.29 is 0 Å². The fourth-order valence-corrected chi connectivity index (χ4v) is 1.88. The molecule has 1 aliphatic rings. The van der Waals surface area contributed by atoms with Crippen molar-refractivity contribution in [3.05, 3.63) is 54.2 Å². The van der Waals surface area contributed by atoms with Gasteiger partial charge in [-0.2, -0.15) is 0 Å². The van der Waals surface area contributed by atoms with Crippen LogP contribution in [-0.2, 0) is 6.54 Å². The summed E-state index contributed by atoms with van der Waals surface area (Å²) in [5.41, 5.74) is 3.56. The largest absolute Gasteiger partial charge is 0.310 e. The number of hydrogen-bond donors (Lipinski definition) is 1. The molecule has 1 aromatic heterocycles. The Labute approximate surface area is 102 Å². The minimum absolute atomic E-state index is 0.769. The molecule has 86 valence electrons. The first-order valence-electron chi connectivity index (χ1n) is 6.15. The molecule has 1 aliphatic carbocycles. The maximum atomic E-state index is 4.35. The van der Waals surface area contributed by atoms with Gasteiger partial charge in [0.25, 0.3) is 0 Å². The highest BCUT2D eigenvalue weighted by Gasteiger charge is 2.19. The molecule has 0 aliphatic heterocycles. The van der Waals surface area contributed by atoms with Crippen LogP contribution in [0.25, 0.3) is 11.3 Å². The number of hydrogen-bond acceptors (Lipinski definition) is 2. The molecule has 2 nitrogen and oxygen atoms in total. The molecular weight excluding hydrogens is 208 g/mol. The average molecular weight is 224 g/mol. The van der Waals surface area contributed by atoms with Crippen LogP contribution >= 0.6 is 0 Å². The Kier molecular flexibility index (Phi) is 2.88. The molecule has 0 unspecified atom stereocenters. The van der Waals surface area contributed by atoms with Crippen LogP contribution in [0, 0.1) is 0 Å². The lowest BCUT2D eigenvalue weighted by Gasteiger charge is -2.04. The molecule has 0 saturated heterocycles. The molecule has 17 heavy (non-hydrogen) atoms. The highest BCUT2D eigenvalue weighted by molar-refractivity contribution is 5.58. The zero-order chi connectivity index (χ0) is 11.5. The standard InChI is InChI=1S/C15H16N2/c1-2-10-16-15(3-1)13-6-4-12(5-7-13)11-17-14-8-9-14/h1-7,10,14,17H,8-9,11H2. The van der Waals surface area contributed by atoms with E-state index < -0.39 is 0 Å². The Morgan fingerprint density at radius 3 is 2.53 bits per heavy atom. The van der Waals surface area contributed by atoms with Crippen molar-refractivity contribution >= 4 is 0 Å². The van der Waals surface area contributed by atoms with Crippen molar-refractivity contribution in [3.63, 3.8) is 0 Å². The van der Waals surface area contributed by atoms with Crippen LogP contribution in [0.4, 0.5) is 0 Å². The lowest BCUT2D eigenvalue weighted by atomic mass is 10.1. The van der Waals surface area contributed by atoms with Crippen LogP contribution in [0.15, 0.2) is 48.7 Å². The van der Waals surface area contributed by atoms with Gasteiger partial charge < -0.3 is 5.32 Å². The zero-order valence-electron chi connectivity index (χ0n) is 9.76. The SMILES string of the molecule is c1ccc(-c2ccc(CNC3CC3)cc2)nc1. The van der Waals surface area contributed by atoms with E-state index in [0.717, 1.165) is 18.3 Å². The molecule has 1 N–H and O–H groups in total. The molecule has 1 fully saturated rings. The number of rotatable bonds is 4. The van der Waals surface area contributed by atoms with Gasteiger partial charge in [-0.05, 0) is 30.5 Å². The van der Waals surface area contributed by atoms with E-state index in [4.69, 9.17) is 0 Å². The van der Waals surface area contributed by atoms with E-state index in [0.29, 0.717) is 0 Å². The highest BCUT2D eigenvalue weighted by atomic mass is 14.9. The topological polar surface area (TPSA) is 24.9 Å². The van der Waals surface area contributed by atoms with Gasteiger partial charge in [0, 0.05) is 24.3 Å². The summed E-state index contributed by atoms with van der Waals surface area (Å²) in [5, 5.41) is 3.52. The first-order chi connectivity index (χ1) is 8.42. The Hall–Kier alpha value is -1.67. The second-order valence-corrected chi connectivity index (χ2v) is 4.57. The minimum atomic E-state index is 0.769. The smallest absolute Gasteiger partial charge is 0.0701 e. The molecule has 0 amide bonds. The number of nitrogens with zero attached hydrogens (tertiary/aromatic N) is 1. The van der Waals surface area contributed by atoms with Gasteiger partial charge in [-0.15, -0.1) is 0 Å². The molecule has 0 spiro atoms. The molecule has 1 saturated carbocycles. The molecular formula is C15H16N2. The number of aromatic nitrogens is 1. The monoisotopic (exact) mass is 224 g/mol. The zero-order valence-corrected chi connectivity index (χ0v) is 9.76. The van der Waals surface area contributed by atoms with E-state index in [2.05, 4.69) is 34.6 Å². The fourth-order valence-electron chi connectivity index (χ4n) is 1.88. The van der Waals surface area contributed by atoms with Crippen molar-refractivity contribution in [2.45, 2.75) is 25.4 Å². The molecule has 2 heteroatoms. The maximum Gasteiger partial charge on any atom is 0.0701 e. The second-order valence-electron chi connectivity index (χ2n) is 4.57. The normalized spacial score (nSPS) is 14.8. The van der Waals surface area contributed by atoms with Crippen molar-refractivity contribution in [2.75, 3.05) is 0 Å². The summed E-state index contributed by atoms with van der Waals surface area (Å²) in [6, 6.07) is 15.4. The molecule has 0 atom stereocenters. The van der Waals surface area contributed by atoms with Gasteiger partial charge in [-0.25, -0.2) is 0 Å². The molecule has 0 bridgehead atoms. The lowest BCUT2D eigenvalue weighted by molar-refractivity contribution is 0.688. The molecule has 2 aromatic rings. The second kappa shape index (κ2) is 4.68. The van der Waals surface area contributed by atoms with Crippen molar-refractivity contribution in [1.29, 1.82) is 0 Å². The maximum absolute atomic E-state index is 4.35. The number of nitrogens with one attached hydrogen (secondary N) is 1. The Morgan fingerprint density at radius 1 is 1.06 bits per heavy atom. The molecule has 3 rings (SSSR count). The van der Waals surface area contributed by atoms with Crippen molar-refractivity contribution in [1.82, 2.24) is 10.3 Å². The van der Waals surface area contributed by atoms with E-state index in [1.54, 1.807) is 0 Å². The summed E-state index contributed by atoms with van der Waals surface area (Å²) < 4.78 is 0. The van der Waals surface area contributed by atoms with Gasteiger partial charge in [-0.1, -0.05) is 30.3 Å². The minimum Gasteiger partial charge on any atom is -0.310 e. The van der Waals surface area contributed by atoms with Gasteiger partial charge in [0.05, 0.1) is 5.69 Å². The van der Waals surface area contributed by atoms with Crippen molar-refractivity contribution in [2.24, 2.45) is 0 Å². The first kappa shape index (κ1) is 10.5. The Morgan fingerprint density at radius 2 is 1.88 bits per heavy atom.